The minimum Gasteiger partial charge on any atom is -0.309 e. The smallest absolute Gasteiger partial charge is 0.309 e. The van der Waals surface area contributed by atoms with Gasteiger partial charge in [-0.25, -0.2) is 9.48 Å². The third-order valence-corrected chi connectivity index (χ3v) is 5.06. The molecule has 0 aliphatic carbocycles. The molecule has 0 radical (unpaired) electrons. The predicted molar refractivity (Wildman–Crippen MR) is 112 cm³/mol. The molecule has 1 aliphatic rings. The highest BCUT2D eigenvalue weighted by Crippen LogP contribution is 2.21. The highest BCUT2D eigenvalue weighted by molar-refractivity contribution is 6.31. The van der Waals surface area contributed by atoms with E-state index >= 15 is 0 Å². The summed E-state index contributed by atoms with van der Waals surface area (Å²) in [5.74, 6) is -0.477. The number of anilines is 2. The van der Waals surface area contributed by atoms with Gasteiger partial charge in [0.05, 0.1) is 12.7 Å². The van der Waals surface area contributed by atoms with Crippen LogP contribution in [0.1, 0.15) is 5.56 Å². The van der Waals surface area contributed by atoms with Gasteiger partial charge in [-0.05, 0) is 23.8 Å². The highest BCUT2D eigenvalue weighted by Gasteiger charge is 2.37. The maximum absolute atomic E-state index is 12.6. The molecule has 1 N–H and O–H groups in total. The Hall–Kier alpha value is -3.65. The molecule has 1 aromatic heterocycles. The van der Waals surface area contributed by atoms with E-state index in [1.165, 1.54) is 4.90 Å². The lowest BCUT2D eigenvalue weighted by Gasteiger charge is -2.17. The van der Waals surface area contributed by atoms with Gasteiger partial charge in [-0.1, -0.05) is 48.0 Å². The summed E-state index contributed by atoms with van der Waals surface area (Å²) in [7, 11) is 0. The molecule has 1 saturated heterocycles. The van der Waals surface area contributed by atoms with Crippen molar-refractivity contribution in [3.05, 3.63) is 77.4 Å². The van der Waals surface area contributed by atoms with Gasteiger partial charge in [-0.15, -0.1) is 0 Å². The minimum absolute atomic E-state index is 0.0967. The van der Waals surface area contributed by atoms with Gasteiger partial charge in [-0.2, -0.15) is 5.10 Å². The number of rotatable bonds is 6. The number of para-hydroxylation sites is 1. The van der Waals surface area contributed by atoms with Crippen molar-refractivity contribution in [3.63, 3.8) is 0 Å². The fourth-order valence-electron chi connectivity index (χ4n) is 3.18. The van der Waals surface area contributed by atoms with Crippen LogP contribution in [0.2, 0.25) is 5.02 Å². The Morgan fingerprint density at radius 2 is 1.77 bits per heavy atom. The number of carbonyl (C=O) groups is 3. The topological polar surface area (TPSA) is 87.5 Å². The van der Waals surface area contributed by atoms with Crippen molar-refractivity contribution in [1.29, 1.82) is 0 Å². The molecule has 1 fully saturated rings. The average molecular weight is 424 g/mol. The lowest BCUT2D eigenvalue weighted by Crippen LogP contribution is -2.39. The second kappa shape index (κ2) is 8.38. The maximum atomic E-state index is 12.6. The van der Waals surface area contributed by atoms with Crippen LogP contribution >= 0.6 is 11.6 Å². The summed E-state index contributed by atoms with van der Waals surface area (Å²) in [5, 5.41) is 7.51. The molecular formula is C21H18ClN5O3. The third-order valence-electron chi connectivity index (χ3n) is 4.69. The zero-order chi connectivity index (χ0) is 21.1. The van der Waals surface area contributed by atoms with E-state index < -0.39 is 17.8 Å². The van der Waals surface area contributed by atoms with Crippen molar-refractivity contribution in [2.45, 2.75) is 6.54 Å². The number of hydrogen-bond donors (Lipinski definition) is 1. The first-order valence-corrected chi connectivity index (χ1v) is 9.62. The molecule has 2 aromatic carbocycles. The predicted octanol–water partition coefficient (Wildman–Crippen LogP) is 2.99. The summed E-state index contributed by atoms with van der Waals surface area (Å²) < 4.78 is 1.59. The molecule has 0 spiro atoms. The Bertz CT molecular complexity index is 1100. The van der Waals surface area contributed by atoms with Gasteiger partial charge in [-0.3, -0.25) is 19.4 Å². The average Bonchev–Trinajstić information content (AvgIpc) is 3.29. The Labute approximate surface area is 177 Å². The monoisotopic (exact) mass is 423 g/mol. The maximum Gasteiger partial charge on any atom is 0.332 e. The van der Waals surface area contributed by atoms with Crippen molar-refractivity contribution < 1.29 is 14.4 Å². The lowest BCUT2D eigenvalue weighted by atomic mass is 10.2. The second-order valence-corrected chi connectivity index (χ2v) is 7.11. The number of nitrogens with one attached hydrogen (secondary N) is 1. The largest absolute Gasteiger partial charge is 0.332 e. The summed E-state index contributed by atoms with van der Waals surface area (Å²) in [6.45, 7) is -0.107. The molecule has 152 valence electrons. The van der Waals surface area contributed by atoms with Gasteiger partial charge in [0.2, 0.25) is 5.91 Å². The van der Waals surface area contributed by atoms with Crippen molar-refractivity contribution in [2.24, 2.45) is 0 Å². The molecule has 3 aromatic rings. The van der Waals surface area contributed by atoms with E-state index in [9.17, 15) is 14.4 Å². The second-order valence-electron chi connectivity index (χ2n) is 6.70. The van der Waals surface area contributed by atoms with Crippen molar-refractivity contribution in [2.75, 3.05) is 23.3 Å². The number of nitrogens with zero attached hydrogens (tertiary/aromatic N) is 4. The highest BCUT2D eigenvalue weighted by atomic mass is 35.5. The first kappa shape index (κ1) is 19.7. The summed E-state index contributed by atoms with van der Waals surface area (Å²) in [6.07, 6.45) is 1.55. The third kappa shape index (κ3) is 4.04. The minimum atomic E-state index is -0.522. The quantitative estimate of drug-likeness (QED) is 0.617. The molecule has 2 heterocycles. The SMILES string of the molecule is O=C(CN1C(=O)CN(c2ccccc2)C1=O)Nc1ccnn1Cc1ccccc1Cl. The van der Waals surface area contributed by atoms with E-state index in [0.717, 1.165) is 10.5 Å². The van der Waals surface area contributed by atoms with Crippen LogP contribution in [0.5, 0.6) is 0 Å². The molecule has 0 bridgehead atoms. The van der Waals surface area contributed by atoms with E-state index in [-0.39, 0.29) is 13.1 Å². The number of imide groups is 1. The summed E-state index contributed by atoms with van der Waals surface area (Å²) in [4.78, 5) is 39.7. The van der Waals surface area contributed by atoms with Gasteiger partial charge in [0, 0.05) is 16.8 Å². The zero-order valence-electron chi connectivity index (χ0n) is 15.9. The molecule has 4 rings (SSSR count). The summed E-state index contributed by atoms with van der Waals surface area (Å²) in [6, 6.07) is 17.3. The zero-order valence-corrected chi connectivity index (χ0v) is 16.6. The fourth-order valence-corrected chi connectivity index (χ4v) is 3.38. The number of halogens is 1. The van der Waals surface area contributed by atoms with Crippen molar-refractivity contribution in [1.82, 2.24) is 14.7 Å². The Balaban J connectivity index is 1.42. The van der Waals surface area contributed by atoms with Crippen molar-refractivity contribution >= 4 is 41.0 Å². The lowest BCUT2D eigenvalue weighted by molar-refractivity contribution is -0.128. The van der Waals surface area contributed by atoms with Crippen LogP contribution in [0.3, 0.4) is 0 Å². The van der Waals surface area contributed by atoms with Crippen LogP contribution in [-0.2, 0) is 16.1 Å². The molecule has 8 nitrogen and oxygen atoms in total. The molecule has 9 heteroatoms. The Kier molecular flexibility index (Phi) is 5.49. The van der Waals surface area contributed by atoms with Gasteiger partial charge >= 0.3 is 6.03 Å². The van der Waals surface area contributed by atoms with Crippen LogP contribution in [0, 0.1) is 0 Å². The number of carbonyl (C=O) groups excluding carboxylic acids is 3. The molecule has 0 atom stereocenters. The molecule has 4 amide bonds. The van der Waals surface area contributed by atoms with Gasteiger partial charge < -0.3 is 5.32 Å². The summed E-state index contributed by atoms with van der Waals surface area (Å²) >= 11 is 6.19. The van der Waals surface area contributed by atoms with E-state index in [1.54, 1.807) is 47.3 Å². The number of amides is 4. The van der Waals surface area contributed by atoms with Gasteiger partial charge in [0.25, 0.3) is 5.91 Å². The molecule has 0 unspecified atom stereocenters. The normalized spacial score (nSPS) is 13.8. The van der Waals surface area contributed by atoms with E-state index in [0.29, 0.717) is 23.1 Å². The Morgan fingerprint density at radius 3 is 2.53 bits per heavy atom. The number of benzene rings is 2. The molecule has 1 aliphatic heterocycles. The standard InChI is InChI=1S/C21H18ClN5O3/c22-17-9-5-4-6-15(17)12-27-18(10-11-23-27)24-19(28)13-26-20(29)14-25(21(26)30)16-7-2-1-3-8-16/h1-11H,12-14H2,(H,24,28). The van der Waals surface area contributed by atoms with E-state index in [2.05, 4.69) is 10.4 Å². The molecular weight excluding hydrogens is 406 g/mol. The van der Waals surface area contributed by atoms with Gasteiger partial charge in [0.1, 0.15) is 18.9 Å². The summed E-state index contributed by atoms with van der Waals surface area (Å²) in [5.41, 5.74) is 1.46. The van der Waals surface area contributed by atoms with Crippen LogP contribution in [0.15, 0.2) is 66.9 Å². The number of hydrogen-bond acceptors (Lipinski definition) is 4. The first-order chi connectivity index (χ1) is 14.5. The van der Waals surface area contributed by atoms with E-state index in [1.807, 2.05) is 24.3 Å². The van der Waals surface area contributed by atoms with Crippen LogP contribution < -0.4 is 10.2 Å². The van der Waals surface area contributed by atoms with Crippen LogP contribution in [-0.4, -0.2) is 45.6 Å². The van der Waals surface area contributed by atoms with E-state index in [4.69, 9.17) is 11.6 Å². The van der Waals surface area contributed by atoms with Gasteiger partial charge in [0.15, 0.2) is 0 Å². The number of urea groups is 1. The van der Waals surface area contributed by atoms with Crippen LogP contribution in [0.25, 0.3) is 0 Å². The van der Waals surface area contributed by atoms with Crippen LogP contribution in [0.4, 0.5) is 16.3 Å². The first-order valence-electron chi connectivity index (χ1n) is 9.25. The fraction of sp³-hybridized carbons (Fsp3) is 0.143. The molecule has 30 heavy (non-hydrogen) atoms. The van der Waals surface area contributed by atoms with Crippen molar-refractivity contribution in [3.8, 4) is 0 Å². The Morgan fingerprint density at radius 1 is 1.03 bits per heavy atom. The molecule has 0 saturated carbocycles. The number of aromatic nitrogens is 2.